The van der Waals surface area contributed by atoms with E-state index in [0.29, 0.717) is 12.2 Å². The maximum Gasteiger partial charge on any atom is 0.244 e. The Balaban J connectivity index is 1.58. The molecule has 7 nitrogen and oxygen atoms in total. The molecule has 0 spiro atoms. The van der Waals surface area contributed by atoms with Crippen LogP contribution in [-0.2, 0) is 11.3 Å². The predicted molar refractivity (Wildman–Crippen MR) is 93.0 cm³/mol. The summed E-state index contributed by atoms with van der Waals surface area (Å²) in [5.74, 6) is 0.531. The SMILES string of the molecule is COc1cccc(-n2cc(CNC(=O)/C=C/c3cccnc3)nn2)c1. The number of hydrogen-bond acceptors (Lipinski definition) is 5. The molecule has 0 unspecified atom stereocenters. The van der Waals surface area contributed by atoms with Crippen LogP contribution in [0.25, 0.3) is 11.8 Å². The maximum atomic E-state index is 11.9. The molecule has 3 aromatic rings. The molecule has 0 atom stereocenters. The Labute approximate surface area is 145 Å². The van der Waals surface area contributed by atoms with Crippen molar-refractivity contribution in [2.75, 3.05) is 7.11 Å². The molecule has 126 valence electrons. The van der Waals surface area contributed by atoms with E-state index < -0.39 is 0 Å². The molecule has 0 radical (unpaired) electrons. The van der Waals surface area contributed by atoms with Gasteiger partial charge in [0.15, 0.2) is 0 Å². The highest BCUT2D eigenvalue weighted by Crippen LogP contribution is 2.15. The average molecular weight is 335 g/mol. The smallest absolute Gasteiger partial charge is 0.244 e. The molecule has 0 saturated heterocycles. The van der Waals surface area contributed by atoms with E-state index in [1.54, 1.807) is 36.5 Å². The van der Waals surface area contributed by atoms with E-state index in [9.17, 15) is 4.79 Å². The number of nitrogens with one attached hydrogen (secondary N) is 1. The maximum absolute atomic E-state index is 11.9. The number of pyridine rings is 1. The van der Waals surface area contributed by atoms with Crippen LogP contribution in [0.3, 0.4) is 0 Å². The summed E-state index contributed by atoms with van der Waals surface area (Å²) >= 11 is 0. The summed E-state index contributed by atoms with van der Waals surface area (Å²) in [6.45, 7) is 0.292. The van der Waals surface area contributed by atoms with Gasteiger partial charge in [-0.15, -0.1) is 5.10 Å². The Morgan fingerprint density at radius 1 is 1.32 bits per heavy atom. The van der Waals surface area contributed by atoms with Crippen molar-refractivity contribution in [3.05, 3.63) is 72.3 Å². The van der Waals surface area contributed by atoms with E-state index >= 15 is 0 Å². The zero-order valence-corrected chi connectivity index (χ0v) is 13.7. The van der Waals surface area contributed by atoms with Crippen LogP contribution in [0.1, 0.15) is 11.3 Å². The van der Waals surface area contributed by atoms with Crippen molar-refractivity contribution in [3.8, 4) is 11.4 Å². The van der Waals surface area contributed by atoms with Gasteiger partial charge in [0.05, 0.1) is 25.5 Å². The van der Waals surface area contributed by atoms with E-state index in [-0.39, 0.29) is 5.91 Å². The van der Waals surface area contributed by atoms with Gasteiger partial charge in [0.25, 0.3) is 0 Å². The van der Waals surface area contributed by atoms with Crippen LogP contribution >= 0.6 is 0 Å². The summed E-state index contributed by atoms with van der Waals surface area (Å²) in [5.41, 5.74) is 2.36. The molecule has 2 aromatic heterocycles. The fourth-order valence-electron chi connectivity index (χ4n) is 2.14. The first-order valence-electron chi connectivity index (χ1n) is 7.66. The Morgan fingerprint density at radius 2 is 2.24 bits per heavy atom. The van der Waals surface area contributed by atoms with Gasteiger partial charge < -0.3 is 10.1 Å². The van der Waals surface area contributed by atoms with Gasteiger partial charge in [-0.1, -0.05) is 17.3 Å². The Hall–Kier alpha value is -3.48. The topological polar surface area (TPSA) is 81.9 Å². The number of ether oxygens (including phenoxy) is 1. The van der Waals surface area contributed by atoms with Crippen LogP contribution in [0.4, 0.5) is 0 Å². The Morgan fingerprint density at radius 3 is 3.04 bits per heavy atom. The minimum absolute atomic E-state index is 0.209. The first-order chi connectivity index (χ1) is 12.2. The third-order valence-electron chi connectivity index (χ3n) is 3.41. The highest BCUT2D eigenvalue weighted by atomic mass is 16.5. The van der Waals surface area contributed by atoms with Crippen LogP contribution in [-0.4, -0.2) is 33.0 Å². The summed E-state index contributed by atoms with van der Waals surface area (Å²) in [5, 5.41) is 10.9. The monoisotopic (exact) mass is 335 g/mol. The lowest BCUT2D eigenvalue weighted by atomic mass is 10.2. The van der Waals surface area contributed by atoms with Gasteiger partial charge in [0.2, 0.25) is 5.91 Å². The molecule has 0 fully saturated rings. The van der Waals surface area contributed by atoms with Gasteiger partial charge in [0.1, 0.15) is 11.4 Å². The normalized spacial score (nSPS) is 10.8. The third-order valence-corrected chi connectivity index (χ3v) is 3.41. The summed E-state index contributed by atoms with van der Waals surface area (Å²) in [6, 6.07) is 11.2. The number of amides is 1. The molecular weight excluding hydrogens is 318 g/mol. The van der Waals surface area contributed by atoms with Crippen LogP contribution < -0.4 is 10.1 Å². The molecule has 1 N–H and O–H groups in total. The van der Waals surface area contributed by atoms with Crippen molar-refractivity contribution in [2.24, 2.45) is 0 Å². The first-order valence-corrected chi connectivity index (χ1v) is 7.66. The number of rotatable bonds is 6. The molecule has 0 aliphatic carbocycles. The Bertz CT molecular complexity index is 874. The highest BCUT2D eigenvalue weighted by Gasteiger charge is 2.05. The van der Waals surface area contributed by atoms with Gasteiger partial charge in [-0.05, 0) is 29.8 Å². The number of benzene rings is 1. The molecule has 0 bridgehead atoms. The molecule has 7 heteroatoms. The zero-order chi connectivity index (χ0) is 17.5. The molecule has 3 rings (SSSR count). The molecule has 0 aliphatic rings. The summed E-state index contributed by atoms with van der Waals surface area (Å²) in [7, 11) is 1.61. The van der Waals surface area contributed by atoms with Crippen molar-refractivity contribution in [1.29, 1.82) is 0 Å². The van der Waals surface area contributed by atoms with E-state index in [1.807, 2.05) is 36.4 Å². The van der Waals surface area contributed by atoms with Gasteiger partial charge in [-0.25, -0.2) is 4.68 Å². The fraction of sp³-hybridized carbons (Fsp3) is 0.111. The molecular formula is C18H17N5O2. The summed E-state index contributed by atoms with van der Waals surface area (Å²) in [6.07, 6.45) is 8.30. The fourth-order valence-corrected chi connectivity index (χ4v) is 2.14. The lowest BCUT2D eigenvalue weighted by Gasteiger charge is -2.03. The molecule has 1 amide bonds. The van der Waals surface area contributed by atoms with E-state index in [0.717, 1.165) is 17.0 Å². The second-order valence-corrected chi connectivity index (χ2v) is 5.19. The second-order valence-electron chi connectivity index (χ2n) is 5.19. The highest BCUT2D eigenvalue weighted by molar-refractivity contribution is 5.91. The molecule has 25 heavy (non-hydrogen) atoms. The van der Waals surface area contributed by atoms with Crippen molar-refractivity contribution in [3.63, 3.8) is 0 Å². The number of hydrogen-bond donors (Lipinski definition) is 1. The second kappa shape index (κ2) is 7.87. The van der Waals surface area contributed by atoms with Crippen molar-refractivity contribution >= 4 is 12.0 Å². The standard InChI is InChI=1S/C18H17N5O2/c1-25-17-6-2-5-16(10-17)23-13-15(21-22-23)12-20-18(24)8-7-14-4-3-9-19-11-14/h2-11,13H,12H2,1H3,(H,20,24)/b8-7+. The third kappa shape index (κ3) is 4.51. The summed E-state index contributed by atoms with van der Waals surface area (Å²) < 4.78 is 6.83. The molecule has 1 aromatic carbocycles. The van der Waals surface area contributed by atoms with Gasteiger partial charge in [-0.2, -0.15) is 0 Å². The predicted octanol–water partition coefficient (Wildman–Crippen LogP) is 2.00. The molecule has 0 aliphatic heterocycles. The molecule has 0 saturated carbocycles. The van der Waals surface area contributed by atoms with Gasteiger partial charge in [0, 0.05) is 24.5 Å². The van der Waals surface area contributed by atoms with E-state index in [1.165, 1.54) is 6.08 Å². The van der Waals surface area contributed by atoms with Crippen LogP contribution in [0, 0.1) is 0 Å². The minimum atomic E-state index is -0.209. The zero-order valence-electron chi connectivity index (χ0n) is 13.7. The number of carbonyl (C=O) groups is 1. The lowest BCUT2D eigenvalue weighted by Crippen LogP contribution is -2.20. The summed E-state index contributed by atoms with van der Waals surface area (Å²) in [4.78, 5) is 15.8. The molecule has 2 heterocycles. The quantitative estimate of drug-likeness (QED) is 0.697. The van der Waals surface area contributed by atoms with Crippen LogP contribution in [0.15, 0.2) is 61.1 Å². The van der Waals surface area contributed by atoms with Crippen molar-refractivity contribution in [2.45, 2.75) is 6.54 Å². The minimum Gasteiger partial charge on any atom is -0.497 e. The first kappa shape index (κ1) is 16.4. The largest absolute Gasteiger partial charge is 0.497 e. The van der Waals surface area contributed by atoms with Gasteiger partial charge in [-0.3, -0.25) is 9.78 Å². The van der Waals surface area contributed by atoms with Crippen LogP contribution in [0.5, 0.6) is 5.75 Å². The van der Waals surface area contributed by atoms with Crippen LogP contribution in [0.2, 0.25) is 0 Å². The van der Waals surface area contributed by atoms with E-state index in [2.05, 4.69) is 20.6 Å². The lowest BCUT2D eigenvalue weighted by molar-refractivity contribution is -0.116. The number of nitrogens with zero attached hydrogens (tertiary/aromatic N) is 4. The number of aromatic nitrogens is 4. The Kier molecular flexibility index (Phi) is 5.16. The number of methoxy groups -OCH3 is 1. The van der Waals surface area contributed by atoms with Crippen molar-refractivity contribution in [1.82, 2.24) is 25.3 Å². The average Bonchev–Trinajstić information content (AvgIpc) is 3.15. The number of carbonyl (C=O) groups excluding carboxylic acids is 1. The van der Waals surface area contributed by atoms with E-state index in [4.69, 9.17) is 4.74 Å². The van der Waals surface area contributed by atoms with Crippen molar-refractivity contribution < 1.29 is 9.53 Å². The van der Waals surface area contributed by atoms with Gasteiger partial charge >= 0.3 is 0 Å².